The van der Waals surface area contributed by atoms with Crippen molar-refractivity contribution in [2.24, 2.45) is 5.41 Å². The zero-order valence-corrected chi connectivity index (χ0v) is 11.6. The third-order valence-corrected chi connectivity index (χ3v) is 3.82. The molecule has 0 bridgehead atoms. The van der Waals surface area contributed by atoms with E-state index in [1.165, 1.54) is 37.8 Å². The Labute approximate surface area is 117 Å². The smallest absolute Gasteiger partial charge is 0.406 e. The fraction of sp³-hybridized carbons (Fsp3) is 0.600. The molecule has 1 saturated carbocycles. The topological polar surface area (TPSA) is 21.3 Å². The van der Waals surface area contributed by atoms with Crippen LogP contribution in [-0.2, 0) is 6.54 Å². The van der Waals surface area contributed by atoms with Gasteiger partial charge in [-0.1, -0.05) is 31.9 Å². The van der Waals surface area contributed by atoms with Gasteiger partial charge in [-0.3, -0.25) is 0 Å². The van der Waals surface area contributed by atoms with E-state index < -0.39 is 6.36 Å². The molecule has 112 valence electrons. The summed E-state index contributed by atoms with van der Waals surface area (Å²) in [7, 11) is 0. The van der Waals surface area contributed by atoms with Crippen LogP contribution < -0.4 is 10.1 Å². The van der Waals surface area contributed by atoms with E-state index in [0.29, 0.717) is 12.0 Å². The Morgan fingerprint density at radius 3 is 2.60 bits per heavy atom. The van der Waals surface area contributed by atoms with Crippen molar-refractivity contribution in [2.75, 3.05) is 6.54 Å². The van der Waals surface area contributed by atoms with Crippen LogP contribution in [0.2, 0.25) is 0 Å². The van der Waals surface area contributed by atoms with E-state index in [9.17, 15) is 13.2 Å². The van der Waals surface area contributed by atoms with Crippen LogP contribution in [0.1, 0.15) is 38.2 Å². The number of nitrogens with one attached hydrogen (secondary N) is 1. The fourth-order valence-corrected chi connectivity index (χ4v) is 2.77. The van der Waals surface area contributed by atoms with E-state index in [4.69, 9.17) is 0 Å². The van der Waals surface area contributed by atoms with Crippen molar-refractivity contribution in [3.05, 3.63) is 29.8 Å². The summed E-state index contributed by atoms with van der Waals surface area (Å²) in [5, 5.41) is 3.34. The third-order valence-electron chi connectivity index (χ3n) is 3.82. The summed E-state index contributed by atoms with van der Waals surface area (Å²) < 4.78 is 40.3. The number of hydrogen-bond acceptors (Lipinski definition) is 2. The molecule has 1 fully saturated rings. The lowest BCUT2D eigenvalue weighted by Crippen LogP contribution is -2.29. The standard InChI is InChI=1S/C15H20F3NO/c1-14(7-2-3-8-14)11-19-10-12-5-4-6-13(9-12)20-15(16,17)18/h4-6,9,19H,2-3,7-8,10-11H2,1H3. The lowest BCUT2D eigenvalue weighted by atomic mass is 9.89. The molecule has 0 atom stereocenters. The maximum atomic E-state index is 12.1. The second kappa shape index (κ2) is 6.04. The van der Waals surface area contributed by atoms with Gasteiger partial charge < -0.3 is 10.1 Å². The van der Waals surface area contributed by atoms with Gasteiger partial charge in [-0.15, -0.1) is 13.2 Å². The molecule has 0 saturated heterocycles. The Hall–Kier alpha value is -1.23. The highest BCUT2D eigenvalue weighted by molar-refractivity contribution is 5.28. The van der Waals surface area contributed by atoms with Gasteiger partial charge in [0.1, 0.15) is 5.75 Å². The summed E-state index contributed by atoms with van der Waals surface area (Å²) >= 11 is 0. The van der Waals surface area contributed by atoms with Crippen molar-refractivity contribution in [3.8, 4) is 5.75 Å². The van der Waals surface area contributed by atoms with Crippen LogP contribution in [0, 0.1) is 5.41 Å². The maximum absolute atomic E-state index is 12.1. The number of benzene rings is 1. The summed E-state index contributed by atoms with van der Waals surface area (Å²) in [6, 6.07) is 6.12. The van der Waals surface area contributed by atoms with Gasteiger partial charge in [0.15, 0.2) is 0 Å². The van der Waals surface area contributed by atoms with Gasteiger partial charge >= 0.3 is 6.36 Å². The van der Waals surface area contributed by atoms with Crippen molar-refractivity contribution in [3.63, 3.8) is 0 Å². The number of halogens is 3. The fourth-order valence-electron chi connectivity index (χ4n) is 2.77. The van der Waals surface area contributed by atoms with E-state index in [1.807, 2.05) is 0 Å². The molecule has 1 aliphatic rings. The van der Waals surface area contributed by atoms with Gasteiger partial charge in [-0.05, 0) is 36.0 Å². The van der Waals surface area contributed by atoms with Crippen molar-refractivity contribution in [1.29, 1.82) is 0 Å². The first-order valence-corrected chi connectivity index (χ1v) is 6.92. The summed E-state index contributed by atoms with van der Waals surface area (Å²) in [5.74, 6) is -0.163. The van der Waals surface area contributed by atoms with E-state index >= 15 is 0 Å². The summed E-state index contributed by atoms with van der Waals surface area (Å²) in [4.78, 5) is 0. The maximum Gasteiger partial charge on any atom is 0.573 e. The molecule has 0 heterocycles. The average Bonchev–Trinajstić information content (AvgIpc) is 2.74. The minimum absolute atomic E-state index is 0.163. The number of alkyl halides is 3. The normalized spacial score (nSPS) is 18.2. The lowest BCUT2D eigenvalue weighted by Gasteiger charge is -2.23. The van der Waals surface area contributed by atoms with Crippen LogP contribution in [0.3, 0.4) is 0 Å². The van der Waals surface area contributed by atoms with Crippen LogP contribution in [0.25, 0.3) is 0 Å². The Balaban J connectivity index is 1.85. The highest BCUT2D eigenvalue weighted by Gasteiger charge is 2.31. The molecule has 0 spiro atoms. The van der Waals surface area contributed by atoms with E-state index in [1.54, 1.807) is 12.1 Å². The number of rotatable bonds is 5. The molecular formula is C15H20F3NO. The molecule has 0 amide bonds. The van der Waals surface area contributed by atoms with Crippen LogP contribution in [0.4, 0.5) is 13.2 Å². The molecule has 20 heavy (non-hydrogen) atoms. The predicted molar refractivity (Wildman–Crippen MR) is 71.4 cm³/mol. The molecule has 1 N–H and O–H groups in total. The molecule has 2 rings (SSSR count). The molecule has 0 aliphatic heterocycles. The molecule has 0 aromatic heterocycles. The highest BCUT2D eigenvalue weighted by Crippen LogP contribution is 2.36. The van der Waals surface area contributed by atoms with Gasteiger partial charge in [0.2, 0.25) is 0 Å². The first-order chi connectivity index (χ1) is 9.36. The molecule has 1 aromatic carbocycles. The van der Waals surface area contributed by atoms with Crippen LogP contribution in [0.15, 0.2) is 24.3 Å². The van der Waals surface area contributed by atoms with Gasteiger partial charge in [0.25, 0.3) is 0 Å². The van der Waals surface area contributed by atoms with E-state index in [-0.39, 0.29) is 5.75 Å². The Morgan fingerprint density at radius 1 is 1.25 bits per heavy atom. The van der Waals surface area contributed by atoms with Crippen molar-refractivity contribution >= 4 is 0 Å². The van der Waals surface area contributed by atoms with Crippen LogP contribution in [0.5, 0.6) is 5.75 Å². The average molecular weight is 287 g/mol. The number of ether oxygens (including phenoxy) is 1. The Morgan fingerprint density at radius 2 is 1.95 bits per heavy atom. The minimum atomic E-state index is -4.64. The molecule has 5 heteroatoms. The number of hydrogen-bond donors (Lipinski definition) is 1. The Kier molecular flexibility index (Phi) is 4.58. The largest absolute Gasteiger partial charge is 0.573 e. The van der Waals surface area contributed by atoms with Gasteiger partial charge in [-0.25, -0.2) is 0 Å². The van der Waals surface area contributed by atoms with E-state index in [0.717, 1.165) is 12.1 Å². The zero-order chi connectivity index (χ0) is 14.6. The molecule has 0 radical (unpaired) electrons. The first kappa shape index (κ1) is 15.2. The SMILES string of the molecule is CC1(CNCc2cccc(OC(F)(F)F)c2)CCCC1. The lowest BCUT2D eigenvalue weighted by molar-refractivity contribution is -0.274. The summed E-state index contributed by atoms with van der Waals surface area (Å²) in [6.07, 6.45) is 0.345. The molecule has 1 aromatic rings. The highest BCUT2D eigenvalue weighted by atomic mass is 19.4. The first-order valence-electron chi connectivity index (χ1n) is 6.92. The monoisotopic (exact) mass is 287 g/mol. The molecule has 2 nitrogen and oxygen atoms in total. The molecule has 1 aliphatic carbocycles. The van der Waals surface area contributed by atoms with Gasteiger partial charge in [0, 0.05) is 13.1 Å². The van der Waals surface area contributed by atoms with E-state index in [2.05, 4.69) is 17.0 Å². The second-order valence-corrected chi connectivity index (χ2v) is 5.82. The predicted octanol–water partition coefficient (Wildman–Crippen LogP) is 4.26. The van der Waals surface area contributed by atoms with Gasteiger partial charge in [0.05, 0.1) is 0 Å². The minimum Gasteiger partial charge on any atom is -0.406 e. The van der Waals surface area contributed by atoms with Crippen molar-refractivity contribution in [2.45, 2.75) is 45.5 Å². The Bertz CT molecular complexity index is 439. The third kappa shape index (κ3) is 4.71. The molecular weight excluding hydrogens is 267 g/mol. The molecule has 0 unspecified atom stereocenters. The van der Waals surface area contributed by atoms with Crippen LogP contribution in [-0.4, -0.2) is 12.9 Å². The van der Waals surface area contributed by atoms with Crippen LogP contribution >= 0.6 is 0 Å². The zero-order valence-electron chi connectivity index (χ0n) is 11.6. The van der Waals surface area contributed by atoms with Crippen molar-refractivity contribution < 1.29 is 17.9 Å². The summed E-state index contributed by atoms with van der Waals surface area (Å²) in [5.41, 5.74) is 1.13. The quantitative estimate of drug-likeness (QED) is 0.874. The van der Waals surface area contributed by atoms with Gasteiger partial charge in [-0.2, -0.15) is 0 Å². The summed E-state index contributed by atoms with van der Waals surface area (Å²) in [6.45, 7) is 3.72. The second-order valence-electron chi connectivity index (χ2n) is 5.82. The van der Waals surface area contributed by atoms with Crippen molar-refractivity contribution in [1.82, 2.24) is 5.32 Å².